The molecule has 0 bridgehead atoms. The molecule has 0 aliphatic carbocycles. The Hall–Kier alpha value is -1.63. The van der Waals surface area contributed by atoms with Gasteiger partial charge in [0.05, 0.1) is 11.7 Å². The van der Waals surface area contributed by atoms with E-state index < -0.39 is 0 Å². The van der Waals surface area contributed by atoms with Gasteiger partial charge < -0.3 is 10.6 Å². The van der Waals surface area contributed by atoms with Crippen LogP contribution < -0.4 is 10.6 Å². The highest BCUT2D eigenvalue weighted by atomic mass is 35.5. The summed E-state index contributed by atoms with van der Waals surface area (Å²) in [6, 6.07) is 9.40. The highest BCUT2D eigenvalue weighted by Gasteiger charge is 2.25. The van der Waals surface area contributed by atoms with Crippen LogP contribution in [0.4, 0.5) is 0 Å². The largest absolute Gasteiger partial charge is 0.374 e. The van der Waals surface area contributed by atoms with Gasteiger partial charge in [-0.15, -0.1) is 12.4 Å². The molecule has 0 unspecified atom stereocenters. The smallest absolute Gasteiger partial charge is 0.0995 e. The second kappa shape index (κ2) is 12.2. The van der Waals surface area contributed by atoms with Gasteiger partial charge in [-0.05, 0) is 75.8 Å². The van der Waals surface area contributed by atoms with Gasteiger partial charge in [-0.1, -0.05) is 24.3 Å². The van der Waals surface area contributed by atoms with Gasteiger partial charge in [-0.25, -0.2) is 0 Å². The van der Waals surface area contributed by atoms with Gasteiger partial charge in [0.1, 0.15) is 0 Å². The number of rotatable bonds is 6. The van der Waals surface area contributed by atoms with E-state index in [0.29, 0.717) is 11.8 Å². The van der Waals surface area contributed by atoms with Gasteiger partial charge in [0.2, 0.25) is 0 Å². The molecule has 182 valence electrons. The molecule has 2 saturated heterocycles. The maximum Gasteiger partial charge on any atom is 0.0995 e. The quantitative estimate of drug-likeness (QED) is 0.666. The number of aliphatic imine (C=N–C) groups is 2. The lowest BCUT2D eigenvalue weighted by molar-refractivity contribution is 0.198. The number of amidine groups is 2. The van der Waals surface area contributed by atoms with E-state index >= 15 is 0 Å². The Morgan fingerprint density at radius 1 is 0.667 bits per heavy atom. The van der Waals surface area contributed by atoms with Crippen molar-refractivity contribution in [2.24, 2.45) is 21.8 Å². The summed E-state index contributed by atoms with van der Waals surface area (Å²) in [4.78, 5) is 14.7. The normalized spacial score (nSPS) is 23.6. The summed E-state index contributed by atoms with van der Waals surface area (Å²) in [5.41, 5.74) is 2.89. The molecule has 5 rings (SSSR count). The number of benzene rings is 1. The van der Waals surface area contributed by atoms with Crippen molar-refractivity contribution in [3.05, 3.63) is 35.4 Å². The molecular weight excluding hydrogens is 432 g/mol. The SMILES string of the molecule is Cl.c1cc(CN2CCC(C3=NCCCN3)CC2)ccc1CN1CCC(C2=NCCCN2)CC1. The molecule has 0 atom stereocenters. The molecule has 4 heterocycles. The average Bonchev–Trinajstić information content (AvgIpc) is 2.87. The number of hydrogen-bond acceptors (Lipinski definition) is 6. The lowest BCUT2D eigenvalue weighted by Gasteiger charge is -2.34. The lowest BCUT2D eigenvalue weighted by Crippen LogP contribution is -2.42. The van der Waals surface area contributed by atoms with Gasteiger partial charge in [-0.2, -0.15) is 0 Å². The van der Waals surface area contributed by atoms with E-state index in [1.807, 2.05) is 0 Å². The maximum atomic E-state index is 4.72. The molecule has 0 saturated carbocycles. The molecule has 2 N–H and O–H groups in total. The number of likely N-dealkylation sites (tertiary alicyclic amines) is 2. The third-order valence-corrected chi connectivity index (χ3v) is 7.63. The van der Waals surface area contributed by atoms with Crippen LogP contribution in [-0.4, -0.2) is 73.8 Å². The van der Waals surface area contributed by atoms with Crippen LogP contribution in [0.1, 0.15) is 49.7 Å². The Morgan fingerprint density at radius 2 is 1.06 bits per heavy atom. The lowest BCUT2D eigenvalue weighted by atomic mass is 9.94. The van der Waals surface area contributed by atoms with Crippen LogP contribution in [0.5, 0.6) is 0 Å². The first-order valence-corrected chi connectivity index (χ1v) is 12.9. The minimum absolute atomic E-state index is 0. The van der Waals surface area contributed by atoms with Crippen molar-refractivity contribution in [1.29, 1.82) is 0 Å². The first kappa shape index (κ1) is 24.5. The zero-order chi connectivity index (χ0) is 21.6. The average molecular weight is 473 g/mol. The van der Waals surface area contributed by atoms with Gasteiger partial charge in [-0.3, -0.25) is 19.8 Å². The highest BCUT2D eigenvalue weighted by Crippen LogP contribution is 2.23. The topological polar surface area (TPSA) is 55.3 Å². The van der Waals surface area contributed by atoms with E-state index in [2.05, 4.69) is 44.7 Å². The Kier molecular flexibility index (Phi) is 9.04. The summed E-state index contributed by atoms with van der Waals surface area (Å²) in [5, 5.41) is 7.06. The zero-order valence-electron chi connectivity index (χ0n) is 20.0. The summed E-state index contributed by atoms with van der Waals surface area (Å²) in [5.74, 6) is 3.87. The monoisotopic (exact) mass is 472 g/mol. The predicted octanol–water partition coefficient (Wildman–Crippen LogP) is 3.32. The van der Waals surface area contributed by atoms with Crippen molar-refractivity contribution in [1.82, 2.24) is 20.4 Å². The van der Waals surface area contributed by atoms with Crippen molar-refractivity contribution < 1.29 is 0 Å². The van der Waals surface area contributed by atoms with Crippen molar-refractivity contribution >= 4 is 24.1 Å². The molecule has 0 aromatic heterocycles. The molecule has 33 heavy (non-hydrogen) atoms. The molecule has 6 nitrogen and oxygen atoms in total. The molecule has 0 radical (unpaired) electrons. The fourth-order valence-corrected chi connectivity index (χ4v) is 5.64. The fourth-order valence-electron chi connectivity index (χ4n) is 5.64. The predicted molar refractivity (Wildman–Crippen MR) is 140 cm³/mol. The van der Waals surface area contributed by atoms with Gasteiger partial charge in [0.25, 0.3) is 0 Å². The van der Waals surface area contributed by atoms with Gasteiger partial charge in [0.15, 0.2) is 0 Å². The third kappa shape index (κ3) is 6.71. The number of nitrogens with one attached hydrogen (secondary N) is 2. The van der Waals surface area contributed by atoms with Crippen LogP contribution in [-0.2, 0) is 13.1 Å². The van der Waals surface area contributed by atoms with Crippen molar-refractivity contribution in [3.8, 4) is 0 Å². The van der Waals surface area contributed by atoms with Gasteiger partial charge in [0, 0.05) is 51.1 Å². The highest BCUT2D eigenvalue weighted by molar-refractivity contribution is 5.86. The van der Waals surface area contributed by atoms with Crippen molar-refractivity contribution in [2.75, 3.05) is 52.4 Å². The minimum Gasteiger partial charge on any atom is -0.374 e. The van der Waals surface area contributed by atoms with E-state index in [-0.39, 0.29) is 12.4 Å². The van der Waals surface area contributed by atoms with E-state index in [9.17, 15) is 0 Å². The Bertz CT molecular complexity index is 725. The summed E-state index contributed by atoms with van der Waals surface area (Å²) in [6.07, 6.45) is 7.32. The summed E-state index contributed by atoms with van der Waals surface area (Å²) < 4.78 is 0. The Labute approximate surface area is 205 Å². The van der Waals surface area contributed by atoms with Crippen LogP contribution in [0.2, 0.25) is 0 Å². The van der Waals surface area contributed by atoms with E-state index in [1.54, 1.807) is 0 Å². The van der Waals surface area contributed by atoms with Crippen LogP contribution in [0.15, 0.2) is 34.3 Å². The molecule has 1 aromatic rings. The molecule has 7 heteroatoms. The third-order valence-electron chi connectivity index (χ3n) is 7.63. The molecule has 2 fully saturated rings. The van der Waals surface area contributed by atoms with E-state index in [0.717, 1.165) is 39.3 Å². The second-order valence-electron chi connectivity index (χ2n) is 10.0. The molecule has 4 aliphatic rings. The minimum atomic E-state index is 0. The Morgan fingerprint density at radius 3 is 1.39 bits per heavy atom. The zero-order valence-corrected chi connectivity index (χ0v) is 20.8. The molecule has 4 aliphatic heterocycles. The number of halogens is 1. The number of nitrogens with zero attached hydrogens (tertiary/aromatic N) is 4. The molecular formula is C26H41ClN6. The van der Waals surface area contributed by atoms with Crippen LogP contribution in [0.25, 0.3) is 0 Å². The van der Waals surface area contributed by atoms with Crippen molar-refractivity contribution in [3.63, 3.8) is 0 Å². The summed E-state index contributed by atoms with van der Waals surface area (Å²) >= 11 is 0. The standard InChI is InChI=1S/C26H40N6.ClH/c1-11-27-25(28-12-1)23-7-15-31(16-8-23)19-21-3-5-22(6-4-21)20-32-17-9-24(10-18-32)26-29-13-2-14-30-26;/h3-6,23-24H,1-2,7-20H2,(H,27,28)(H,29,30);1H. The molecule has 0 amide bonds. The van der Waals surface area contributed by atoms with Crippen LogP contribution in [0.3, 0.4) is 0 Å². The molecule has 0 spiro atoms. The first-order valence-electron chi connectivity index (χ1n) is 12.9. The second-order valence-corrected chi connectivity index (χ2v) is 10.0. The van der Waals surface area contributed by atoms with Crippen LogP contribution in [0, 0.1) is 11.8 Å². The van der Waals surface area contributed by atoms with E-state index in [4.69, 9.17) is 9.98 Å². The van der Waals surface area contributed by atoms with Crippen LogP contribution >= 0.6 is 12.4 Å². The van der Waals surface area contributed by atoms with Crippen molar-refractivity contribution in [2.45, 2.75) is 51.6 Å². The fraction of sp³-hybridized carbons (Fsp3) is 0.692. The number of piperidine rings is 2. The molecule has 1 aromatic carbocycles. The van der Waals surface area contributed by atoms with Gasteiger partial charge >= 0.3 is 0 Å². The number of hydrogen-bond donors (Lipinski definition) is 2. The van der Waals surface area contributed by atoms with E-state index in [1.165, 1.54) is 87.5 Å². The first-order chi connectivity index (χ1) is 15.8. The maximum absolute atomic E-state index is 4.72. The summed E-state index contributed by atoms with van der Waals surface area (Å²) in [7, 11) is 0. The Balaban J connectivity index is 0.00000259. The summed E-state index contributed by atoms with van der Waals surface area (Å²) in [6.45, 7) is 11.1.